The van der Waals surface area contributed by atoms with Crippen LogP contribution in [0.2, 0.25) is 5.28 Å². The molecule has 0 atom stereocenters. The van der Waals surface area contributed by atoms with Gasteiger partial charge in [0.2, 0.25) is 11.2 Å². The van der Waals surface area contributed by atoms with E-state index in [4.69, 9.17) is 16.3 Å². The lowest BCUT2D eigenvalue weighted by atomic mass is 10.1. The lowest BCUT2D eigenvalue weighted by molar-refractivity contribution is 0.132. The monoisotopic (exact) mass is 311 g/mol. The van der Waals surface area contributed by atoms with Gasteiger partial charge in [-0.05, 0) is 23.9 Å². The van der Waals surface area contributed by atoms with E-state index in [0.717, 1.165) is 13.0 Å². The van der Waals surface area contributed by atoms with Crippen LogP contribution in [-0.2, 0) is 4.74 Å². The fourth-order valence-corrected chi connectivity index (χ4v) is 1.64. The van der Waals surface area contributed by atoms with Gasteiger partial charge in [0.05, 0.1) is 6.61 Å². The second-order valence-corrected chi connectivity index (χ2v) is 5.13. The third-order valence-electron chi connectivity index (χ3n) is 2.59. The van der Waals surface area contributed by atoms with Crippen molar-refractivity contribution in [2.24, 2.45) is 5.92 Å². The zero-order valence-corrected chi connectivity index (χ0v) is 12.8. The molecule has 0 aromatic carbocycles. The minimum atomic E-state index is 0.0960. The molecule has 0 radical (unpaired) electrons. The summed E-state index contributed by atoms with van der Waals surface area (Å²) >= 11 is 5.87. The highest BCUT2D eigenvalue weighted by Gasteiger charge is 2.07. The predicted octanol–water partition coefficient (Wildman–Crippen LogP) is 1.58. The molecule has 0 bridgehead atoms. The van der Waals surface area contributed by atoms with E-state index in [9.17, 15) is 0 Å². The fourth-order valence-electron chi connectivity index (χ4n) is 1.49. The number of halogens is 1. The van der Waals surface area contributed by atoms with Crippen molar-refractivity contribution in [3.05, 3.63) is 17.9 Å². The van der Waals surface area contributed by atoms with Crippen LogP contribution >= 0.6 is 11.6 Å². The Morgan fingerprint density at radius 3 is 2.86 bits per heavy atom. The summed E-state index contributed by atoms with van der Waals surface area (Å²) in [5.74, 6) is 1.34. The van der Waals surface area contributed by atoms with Gasteiger partial charge in [0, 0.05) is 13.2 Å². The molecule has 0 unspecified atom stereocenters. The number of rotatable bonds is 8. The molecule has 2 rings (SSSR count). The third kappa shape index (κ3) is 5.24. The summed E-state index contributed by atoms with van der Waals surface area (Å²) in [7, 11) is 0. The Bertz CT molecular complexity index is 547. The van der Waals surface area contributed by atoms with Crippen LogP contribution in [0.5, 0.6) is 0 Å². The van der Waals surface area contributed by atoms with Crippen LogP contribution in [0.15, 0.2) is 12.7 Å². The zero-order valence-electron chi connectivity index (χ0n) is 12.0. The van der Waals surface area contributed by atoms with Crippen LogP contribution in [0.25, 0.3) is 5.95 Å². The number of hydrogen-bond acceptors (Lipinski definition) is 7. The number of hydrogen-bond donors (Lipinski definition) is 1. The molecule has 0 aliphatic heterocycles. The average molecular weight is 312 g/mol. The van der Waals surface area contributed by atoms with E-state index in [2.05, 4.69) is 44.2 Å². The SMILES string of the molecule is CC(C)CCOCCNc1nc(Cl)nc(-n2cncn2)n1. The largest absolute Gasteiger partial charge is 0.380 e. The van der Waals surface area contributed by atoms with Gasteiger partial charge in [-0.15, -0.1) is 0 Å². The van der Waals surface area contributed by atoms with E-state index in [1.54, 1.807) is 0 Å². The number of anilines is 1. The van der Waals surface area contributed by atoms with Crippen molar-refractivity contribution in [1.82, 2.24) is 29.7 Å². The molecule has 9 heteroatoms. The molecule has 0 fully saturated rings. The lowest BCUT2D eigenvalue weighted by Crippen LogP contribution is -2.14. The first-order chi connectivity index (χ1) is 10.1. The minimum Gasteiger partial charge on any atom is -0.380 e. The Morgan fingerprint density at radius 1 is 1.29 bits per heavy atom. The summed E-state index contributed by atoms with van der Waals surface area (Å²) in [6, 6.07) is 0. The van der Waals surface area contributed by atoms with E-state index >= 15 is 0 Å². The molecular weight excluding hydrogens is 294 g/mol. The number of nitrogens with one attached hydrogen (secondary N) is 1. The van der Waals surface area contributed by atoms with E-state index in [-0.39, 0.29) is 5.28 Å². The van der Waals surface area contributed by atoms with Gasteiger partial charge in [0.1, 0.15) is 12.7 Å². The standard InChI is InChI=1S/C12H18ClN7O/c1-9(2)3-5-21-6-4-15-11-17-10(13)18-12(19-11)20-8-14-7-16-20/h7-9H,3-6H2,1-2H3,(H,15,17,18,19). The number of nitrogens with zero attached hydrogens (tertiary/aromatic N) is 6. The van der Waals surface area contributed by atoms with Crippen molar-refractivity contribution in [2.45, 2.75) is 20.3 Å². The zero-order chi connectivity index (χ0) is 15.1. The van der Waals surface area contributed by atoms with E-state index in [0.29, 0.717) is 31.0 Å². The second kappa shape index (κ2) is 7.84. The Balaban J connectivity index is 1.83. The van der Waals surface area contributed by atoms with Gasteiger partial charge in [-0.1, -0.05) is 13.8 Å². The van der Waals surface area contributed by atoms with Gasteiger partial charge >= 0.3 is 0 Å². The van der Waals surface area contributed by atoms with Gasteiger partial charge < -0.3 is 10.1 Å². The molecule has 2 aromatic heterocycles. The molecule has 2 aromatic rings. The van der Waals surface area contributed by atoms with Crippen LogP contribution < -0.4 is 5.32 Å². The first kappa shape index (κ1) is 15.6. The van der Waals surface area contributed by atoms with E-state index < -0.39 is 0 Å². The molecule has 2 heterocycles. The van der Waals surface area contributed by atoms with Gasteiger partial charge in [0.15, 0.2) is 0 Å². The maximum absolute atomic E-state index is 5.87. The topological polar surface area (TPSA) is 90.6 Å². The van der Waals surface area contributed by atoms with Crippen LogP contribution in [0, 0.1) is 5.92 Å². The summed E-state index contributed by atoms with van der Waals surface area (Å²) in [6.07, 6.45) is 3.94. The van der Waals surface area contributed by atoms with Crippen LogP contribution in [-0.4, -0.2) is 49.5 Å². The Labute approximate surface area is 127 Å². The average Bonchev–Trinajstić information content (AvgIpc) is 2.96. The van der Waals surface area contributed by atoms with Gasteiger partial charge in [0.25, 0.3) is 5.95 Å². The molecule has 114 valence electrons. The highest BCUT2D eigenvalue weighted by Crippen LogP contribution is 2.08. The van der Waals surface area contributed by atoms with Crippen LogP contribution in [0.4, 0.5) is 5.95 Å². The van der Waals surface area contributed by atoms with Crippen molar-refractivity contribution in [3.8, 4) is 5.95 Å². The molecule has 0 saturated carbocycles. The highest BCUT2D eigenvalue weighted by atomic mass is 35.5. The molecule has 0 amide bonds. The second-order valence-electron chi connectivity index (χ2n) is 4.79. The number of ether oxygens (including phenoxy) is 1. The van der Waals surface area contributed by atoms with E-state index in [1.807, 2.05) is 0 Å². The van der Waals surface area contributed by atoms with Crippen molar-refractivity contribution >= 4 is 17.5 Å². The smallest absolute Gasteiger partial charge is 0.258 e. The lowest BCUT2D eigenvalue weighted by Gasteiger charge is -2.08. The van der Waals surface area contributed by atoms with Gasteiger partial charge in [-0.3, -0.25) is 0 Å². The minimum absolute atomic E-state index is 0.0960. The Morgan fingerprint density at radius 2 is 2.14 bits per heavy atom. The van der Waals surface area contributed by atoms with Crippen molar-refractivity contribution in [1.29, 1.82) is 0 Å². The maximum atomic E-state index is 5.87. The summed E-state index contributed by atoms with van der Waals surface area (Å²) < 4.78 is 6.92. The van der Waals surface area contributed by atoms with Gasteiger partial charge in [-0.2, -0.15) is 24.7 Å². The molecule has 0 spiro atoms. The predicted molar refractivity (Wildman–Crippen MR) is 78.5 cm³/mol. The maximum Gasteiger partial charge on any atom is 0.258 e. The van der Waals surface area contributed by atoms with Crippen molar-refractivity contribution in [3.63, 3.8) is 0 Å². The van der Waals surface area contributed by atoms with Crippen molar-refractivity contribution < 1.29 is 4.74 Å². The van der Waals surface area contributed by atoms with E-state index in [1.165, 1.54) is 17.3 Å². The first-order valence-electron chi connectivity index (χ1n) is 6.73. The molecule has 0 saturated heterocycles. The van der Waals surface area contributed by atoms with Gasteiger partial charge in [-0.25, -0.2) is 4.98 Å². The molecule has 1 N–H and O–H groups in total. The Kier molecular flexibility index (Phi) is 5.82. The summed E-state index contributed by atoms with van der Waals surface area (Å²) in [6.45, 7) is 6.26. The van der Waals surface area contributed by atoms with Crippen molar-refractivity contribution in [2.75, 3.05) is 25.1 Å². The third-order valence-corrected chi connectivity index (χ3v) is 2.76. The first-order valence-corrected chi connectivity index (χ1v) is 7.11. The normalized spacial score (nSPS) is 11.0. The summed E-state index contributed by atoms with van der Waals surface area (Å²) in [5.41, 5.74) is 0. The number of aromatic nitrogens is 6. The van der Waals surface area contributed by atoms with Crippen LogP contribution in [0.1, 0.15) is 20.3 Å². The quantitative estimate of drug-likeness (QED) is 0.740. The Hall–Kier alpha value is -1.80. The molecular formula is C12H18ClN7O. The fraction of sp³-hybridized carbons (Fsp3) is 0.583. The summed E-state index contributed by atoms with van der Waals surface area (Å²) in [4.78, 5) is 16.0. The summed E-state index contributed by atoms with van der Waals surface area (Å²) in [5, 5.41) is 7.09. The van der Waals surface area contributed by atoms with Crippen LogP contribution in [0.3, 0.4) is 0 Å². The highest BCUT2D eigenvalue weighted by molar-refractivity contribution is 6.28. The molecule has 8 nitrogen and oxygen atoms in total. The molecule has 21 heavy (non-hydrogen) atoms. The molecule has 0 aliphatic carbocycles. The molecule has 0 aliphatic rings.